The summed E-state index contributed by atoms with van der Waals surface area (Å²) in [6.45, 7) is 4.46. The van der Waals surface area contributed by atoms with Crippen LogP contribution in [0.5, 0.6) is 0 Å². The van der Waals surface area contributed by atoms with Gasteiger partial charge in [0.2, 0.25) is 0 Å². The molecule has 2 aromatic carbocycles. The lowest BCUT2D eigenvalue weighted by Gasteiger charge is -2.32. The van der Waals surface area contributed by atoms with E-state index >= 15 is 0 Å². The van der Waals surface area contributed by atoms with Gasteiger partial charge in [-0.15, -0.1) is 0 Å². The van der Waals surface area contributed by atoms with Crippen molar-refractivity contribution in [2.45, 2.75) is 12.1 Å². The maximum absolute atomic E-state index is 13.5. The zero-order chi connectivity index (χ0) is 17.6. The van der Waals surface area contributed by atoms with Gasteiger partial charge < -0.3 is 10.2 Å². The molecule has 2 rings (SSSR count). The van der Waals surface area contributed by atoms with Gasteiger partial charge in [-0.05, 0) is 23.3 Å². The lowest BCUT2D eigenvalue weighted by Crippen LogP contribution is -2.40. The molecule has 2 aromatic rings. The molecule has 0 amide bonds. The topological polar surface area (TPSA) is 43.7 Å². The Bertz CT molecular complexity index is 678. The molecule has 128 valence electrons. The van der Waals surface area contributed by atoms with E-state index in [2.05, 4.69) is 6.58 Å². The first kappa shape index (κ1) is 18.3. The van der Waals surface area contributed by atoms with E-state index in [1.807, 2.05) is 35.2 Å². The Morgan fingerprint density at radius 3 is 2.38 bits per heavy atom. The number of benzene rings is 2. The number of halogens is 2. The fraction of sp³-hybridized carbons (Fsp3) is 0.263. The van der Waals surface area contributed by atoms with E-state index in [1.165, 1.54) is 12.1 Å². The number of aliphatic hydroxyl groups is 2. The van der Waals surface area contributed by atoms with Crippen molar-refractivity contribution in [1.29, 1.82) is 0 Å². The molecule has 5 heteroatoms. The van der Waals surface area contributed by atoms with E-state index in [9.17, 15) is 19.0 Å². The van der Waals surface area contributed by atoms with Crippen molar-refractivity contribution in [1.82, 2.24) is 4.90 Å². The predicted octanol–water partition coefficient (Wildman–Crippen LogP) is 2.83. The first-order chi connectivity index (χ1) is 11.5. The summed E-state index contributed by atoms with van der Waals surface area (Å²) in [6, 6.07) is 12.9. The molecular weight excluding hydrogens is 312 g/mol. The third-order valence-electron chi connectivity index (χ3n) is 3.89. The molecule has 0 fully saturated rings. The average Bonchev–Trinajstić information content (AvgIpc) is 2.58. The number of rotatable bonds is 8. The van der Waals surface area contributed by atoms with Gasteiger partial charge in [0.15, 0.2) is 11.6 Å². The molecule has 1 atom stereocenters. The van der Waals surface area contributed by atoms with Crippen LogP contribution in [-0.4, -0.2) is 34.8 Å². The zero-order valence-corrected chi connectivity index (χ0v) is 13.3. The SMILES string of the molecule is C=C[C@@](O)(CN(CCO)Cc1ccccc1)c1ccc(F)c(F)c1. The summed E-state index contributed by atoms with van der Waals surface area (Å²) >= 11 is 0. The van der Waals surface area contributed by atoms with Crippen molar-refractivity contribution in [3.8, 4) is 0 Å². The van der Waals surface area contributed by atoms with Crippen LogP contribution in [0.1, 0.15) is 11.1 Å². The summed E-state index contributed by atoms with van der Waals surface area (Å²) in [7, 11) is 0. The monoisotopic (exact) mass is 333 g/mol. The normalized spacial score (nSPS) is 13.7. The number of nitrogens with zero attached hydrogens (tertiary/aromatic N) is 1. The van der Waals surface area contributed by atoms with E-state index in [-0.39, 0.29) is 18.7 Å². The lowest BCUT2D eigenvalue weighted by atomic mass is 9.92. The minimum Gasteiger partial charge on any atom is -0.395 e. The molecule has 0 aliphatic rings. The standard InChI is InChI=1S/C19H21F2NO2/c1-2-19(24,16-8-9-17(20)18(21)12-16)14-22(10-11-23)13-15-6-4-3-5-7-15/h2-9,12,23-24H,1,10-11,13-14H2/t19-/m1/s1. The minimum absolute atomic E-state index is 0.0855. The van der Waals surface area contributed by atoms with Crippen molar-refractivity contribution >= 4 is 0 Å². The van der Waals surface area contributed by atoms with Gasteiger partial charge in [-0.2, -0.15) is 0 Å². The highest BCUT2D eigenvalue weighted by Crippen LogP contribution is 2.26. The molecule has 0 bridgehead atoms. The van der Waals surface area contributed by atoms with Crippen LogP contribution in [0, 0.1) is 11.6 Å². The van der Waals surface area contributed by atoms with Crippen LogP contribution >= 0.6 is 0 Å². The smallest absolute Gasteiger partial charge is 0.159 e. The predicted molar refractivity (Wildman–Crippen MR) is 89.3 cm³/mol. The first-order valence-electron chi connectivity index (χ1n) is 7.67. The fourth-order valence-corrected chi connectivity index (χ4v) is 2.58. The van der Waals surface area contributed by atoms with Crippen molar-refractivity contribution in [3.05, 3.63) is 83.9 Å². The highest BCUT2D eigenvalue weighted by atomic mass is 19.2. The van der Waals surface area contributed by atoms with Gasteiger partial charge in [-0.25, -0.2) is 8.78 Å². The second-order valence-corrected chi connectivity index (χ2v) is 5.68. The number of hydrogen-bond donors (Lipinski definition) is 2. The van der Waals surface area contributed by atoms with E-state index in [0.717, 1.165) is 17.7 Å². The molecule has 0 spiro atoms. The minimum atomic E-state index is -1.56. The van der Waals surface area contributed by atoms with E-state index in [1.54, 1.807) is 0 Å². The maximum Gasteiger partial charge on any atom is 0.159 e. The van der Waals surface area contributed by atoms with Gasteiger partial charge in [-0.3, -0.25) is 4.90 Å². The molecule has 2 N–H and O–H groups in total. The molecule has 0 aromatic heterocycles. The number of aliphatic hydroxyl groups excluding tert-OH is 1. The molecule has 0 radical (unpaired) electrons. The molecule has 24 heavy (non-hydrogen) atoms. The van der Waals surface area contributed by atoms with Crippen LogP contribution in [0.4, 0.5) is 8.78 Å². The molecular formula is C19H21F2NO2. The summed E-state index contributed by atoms with van der Waals surface area (Å²) in [4.78, 5) is 1.83. The molecule has 0 aliphatic heterocycles. The summed E-state index contributed by atoms with van der Waals surface area (Å²) in [5.41, 5.74) is -0.326. The van der Waals surface area contributed by atoms with Crippen LogP contribution in [0.25, 0.3) is 0 Å². The van der Waals surface area contributed by atoms with Gasteiger partial charge in [0.05, 0.1) is 6.61 Å². The van der Waals surface area contributed by atoms with E-state index in [4.69, 9.17) is 0 Å². The van der Waals surface area contributed by atoms with Crippen LogP contribution in [0.3, 0.4) is 0 Å². The Morgan fingerprint density at radius 1 is 1.08 bits per heavy atom. The number of hydrogen-bond acceptors (Lipinski definition) is 3. The van der Waals surface area contributed by atoms with E-state index < -0.39 is 17.2 Å². The van der Waals surface area contributed by atoms with E-state index in [0.29, 0.717) is 13.1 Å². The highest BCUT2D eigenvalue weighted by Gasteiger charge is 2.29. The molecule has 0 unspecified atom stereocenters. The van der Waals surface area contributed by atoms with Gasteiger partial charge in [0.1, 0.15) is 5.60 Å². The van der Waals surface area contributed by atoms with Crippen LogP contribution in [0.15, 0.2) is 61.2 Å². The first-order valence-corrected chi connectivity index (χ1v) is 7.67. The maximum atomic E-state index is 13.5. The lowest BCUT2D eigenvalue weighted by molar-refractivity contribution is 0.0336. The van der Waals surface area contributed by atoms with Crippen molar-refractivity contribution in [2.24, 2.45) is 0 Å². The average molecular weight is 333 g/mol. The molecule has 0 saturated heterocycles. The van der Waals surface area contributed by atoms with Gasteiger partial charge in [-0.1, -0.05) is 49.1 Å². The Labute approximate surface area is 140 Å². The fourth-order valence-electron chi connectivity index (χ4n) is 2.58. The Kier molecular flexibility index (Phi) is 6.20. The second-order valence-electron chi connectivity index (χ2n) is 5.68. The van der Waals surface area contributed by atoms with Crippen molar-refractivity contribution in [2.75, 3.05) is 19.7 Å². The summed E-state index contributed by atoms with van der Waals surface area (Å²) in [6.07, 6.45) is 1.30. The largest absolute Gasteiger partial charge is 0.395 e. The third kappa shape index (κ3) is 4.47. The molecule has 0 aliphatic carbocycles. The Balaban J connectivity index is 2.23. The highest BCUT2D eigenvalue weighted by molar-refractivity contribution is 5.29. The molecule has 3 nitrogen and oxygen atoms in total. The summed E-state index contributed by atoms with van der Waals surface area (Å²) in [5.74, 6) is -1.99. The van der Waals surface area contributed by atoms with Gasteiger partial charge in [0, 0.05) is 19.6 Å². The van der Waals surface area contributed by atoms with Crippen LogP contribution in [0.2, 0.25) is 0 Å². The summed E-state index contributed by atoms with van der Waals surface area (Å²) in [5, 5.41) is 20.1. The summed E-state index contributed by atoms with van der Waals surface area (Å²) < 4.78 is 26.6. The zero-order valence-electron chi connectivity index (χ0n) is 13.3. The molecule has 0 saturated carbocycles. The van der Waals surface area contributed by atoms with Gasteiger partial charge in [0.25, 0.3) is 0 Å². The van der Waals surface area contributed by atoms with Gasteiger partial charge >= 0.3 is 0 Å². The Morgan fingerprint density at radius 2 is 1.79 bits per heavy atom. The molecule has 0 heterocycles. The Hall–Kier alpha value is -2.08. The quantitative estimate of drug-likeness (QED) is 0.730. The third-order valence-corrected chi connectivity index (χ3v) is 3.89. The second kappa shape index (κ2) is 8.15. The van der Waals surface area contributed by atoms with Crippen LogP contribution in [-0.2, 0) is 12.1 Å². The van der Waals surface area contributed by atoms with Crippen LogP contribution < -0.4 is 0 Å². The van der Waals surface area contributed by atoms with Crippen molar-refractivity contribution in [3.63, 3.8) is 0 Å². The van der Waals surface area contributed by atoms with Crippen molar-refractivity contribution < 1.29 is 19.0 Å².